The van der Waals surface area contributed by atoms with Crippen molar-refractivity contribution in [2.45, 2.75) is 69.5 Å². The van der Waals surface area contributed by atoms with Crippen LogP contribution in [0, 0.1) is 0 Å². The van der Waals surface area contributed by atoms with Crippen molar-refractivity contribution in [2.75, 3.05) is 46.4 Å². The van der Waals surface area contributed by atoms with Crippen LogP contribution in [-0.2, 0) is 14.8 Å². The highest BCUT2D eigenvalue weighted by Crippen LogP contribution is 2.42. The molecule has 0 aromatic heterocycles. The van der Waals surface area contributed by atoms with Gasteiger partial charge in [0.15, 0.2) is 5.78 Å². The smallest absolute Gasteiger partial charge is 0.245 e. The summed E-state index contributed by atoms with van der Waals surface area (Å²) in [7, 11) is -1.69. The maximum Gasteiger partial charge on any atom is 0.245 e. The quantitative estimate of drug-likeness (QED) is 0.390. The molecule has 8 heteroatoms. The number of rotatable bonds is 10. The van der Waals surface area contributed by atoms with E-state index in [0.717, 1.165) is 52.0 Å². The van der Waals surface area contributed by atoms with Crippen LogP contribution in [0.3, 0.4) is 0 Å². The van der Waals surface area contributed by atoms with Crippen molar-refractivity contribution >= 4 is 15.8 Å². The lowest BCUT2D eigenvalue weighted by atomic mass is 10.00. The maximum atomic E-state index is 13.9. The lowest BCUT2D eigenvalue weighted by Crippen LogP contribution is -2.56. The minimum Gasteiger partial charge on any atom is -0.358 e. The number of piperidine rings is 1. The molecule has 2 aliphatic heterocycles. The highest BCUT2D eigenvalue weighted by atomic mass is 32.2. The third-order valence-electron chi connectivity index (χ3n) is 7.02. The Labute approximate surface area is 193 Å². The zero-order valence-electron chi connectivity index (χ0n) is 20.0. The fraction of sp³-hybridized carbons (Fsp3) is 0.708. The van der Waals surface area contributed by atoms with Crippen LogP contribution in [0.25, 0.3) is 0 Å². The summed E-state index contributed by atoms with van der Waals surface area (Å²) in [5, 5.41) is 0. The fourth-order valence-electron chi connectivity index (χ4n) is 4.89. The third kappa shape index (κ3) is 5.42. The summed E-state index contributed by atoms with van der Waals surface area (Å²) < 4.78 is 35.7. The molecule has 180 valence electrons. The zero-order chi connectivity index (χ0) is 23.4. The molecule has 2 fully saturated rings. The molecule has 0 N–H and O–H groups in total. The molecule has 3 rings (SSSR count). The maximum absolute atomic E-state index is 13.9. The van der Waals surface area contributed by atoms with Gasteiger partial charge in [-0.3, -0.25) is 4.79 Å². The first kappa shape index (κ1) is 25.3. The van der Waals surface area contributed by atoms with Crippen molar-refractivity contribution in [3.63, 3.8) is 0 Å². The number of benzene rings is 1. The van der Waals surface area contributed by atoms with E-state index < -0.39 is 15.7 Å². The summed E-state index contributed by atoms with van der Waals surface area (Å²) in [5.74, 6) is -0.0729. The number of hydrogen-bond donors (Lipinski definition) is 0. The Balaban J connectivity index is 1.82. The molecule has 1 spiro atoms. The van der Waals surface area contributed by atoms with Crippen LogP contribution in [0.2, 0.25) is 0 Å². The number of ether oxygens (including phenoxy) is 1. The van der Waals surface area contributed by atoms with Crippen LogP contribution < -0.4 is 0 Å². The largest absolute Gasteiger partial charge is 0.358 e. The Morgan fingerprint density at radius 2 is 1.75 bits per heavy atom. The molecule has 1 atom stereocenters. The van der Waals surface area contributed by atoms with Gasteiger partial charge in [-0.25, -0.2) is 8.42 Å². The van der Waals surface area contributed by atoms with Crippen molar-refractivity contribution in [3.05, 3.63) is 29.8 Å². The van der Waals surface area contributed by atoms with Crippen LogP contribution in [0.15, 0.2) is 29.2 Å². The first-order chi connectivity index (χ1) is 15.2. The number of sulfonamides is 1. The van der Waals surface area contributed by atoms with Crippen LogP contribution in [0.5, 0.6) is 0 Å². The molecule has 7 nitrogen and oxygen atoms in total. The highest BCUT2D eigenvalue weighted by molar-refractivity contribution is 7.89. The van der Waals surface area contributed by atoms with Gasteiger partial charge in [0.25, 0.3) is 0 Å². The number of hydrogen-bond acceptors (Lipinski definition) is 6. The predicted molar refractivity (Wildman–Crippen MR) is 126 cm³/mol. The molecular formula is C24H39N3O4S. The minimum atomic E-state index is -3.75. The number of carbonyl (C=O) groups is 1. The topological polar surface area (TPSA) is 70.2 Å². The molecule has 2 saturated heterocycles. The number of likely N-dealkylation sites (tertiary alicyclic amines) is 1. The van der Waals surface area contributed by atoms with Crippen LogP contribution in [0.1, 0.15) is 63.2 Å². The Hall–Kier alpha value is -1.32. The van der Waals surface area contributed by atoms with Gasteiger partial charge >= 0.3 is 0 Å². The van der Waals surface area contributed by atoms with Crippen molar-refractivity contribution in [1.29, 1.82) is 0 Å². The SMILES string of the molecule is CCN(CC)CCCCC1COC2(CCN(C)CC2)N1S(=O)(=O)c1ccc(C(C)=O)cc1. The molecule has 1 aromatic rings. The van der Waals surface area contributed by atoms with E-state index in [9.17, 15) is 13.2 Å². The lowest BCUT2D eigenvalue weighted by Gasteiger charge is -2.43. The van der Waals surface area contributed by atoms with Crippen LogP contribution in [-0.4, -0.2) is 86.5 Å². The lowest BCUT2D eigenvalue weighted by molar-refractivity contribution is -0.0884. The molecule has 2 aliphatic rings. The van der Waals surface area contributed by atoms with Gasteiger partial charge < -0.3 is 14.5 Å². The summed E-state index contributed by atoms with van der Waals surface area (Å²) in [6.07, 6.45) is 4.16. The van der Waals surface area contributed by atoms with E-state index in [1.54, 1.807) is 28.6 Å². The van der Waals surface area contributed by atoms with Gasteiger partial charge in [0, 0.05) is 31.5 Å². The molecule has 1 unspecified atom stereocenters. The second-order valence-electron chi connectivity index (χ2n) is 9.12. The average molecular weight is 466 g/mol. The molecular weight excluding hydrogens is 426 g/mol. The molecule has 1 aromatic carbocycles. The molecule has 0 radical (unpaired) electrons. The summed E-state index contributed by atoms with van der Waals surface area (Å²) >= 11 is 0. The molecule has 0 aliphatic carbocycles. The van der Waals surface area contributed by atoms with Crippen molar-refractivity contribution in [3.8, 4) is 0 Å². The van der Waals surface area contributed by atoms with E-state index in [1.165, 1.54) is 6.92 Å². The Kier molecular flexibility index (Phi) is 8.49. The summed E-state index contributed by atoms with van der Waals surface area (Å²) in [6, 6.07) is 6.17. The summed E-state index contributed by atoms with van der Waals surface area (Å²) in [6.45, 7) is 11.0. The predicted octanol–water partition coefficient (Wildman–Crippen LogP) is 3.21. The van der Waals surface area contributed by atoms with E-state index in [2.05, 4.69) is 30.7 Å². The van der Waals surface area contributed by atoms with Gasteiger partial charge in [-0.15, -0.1) is 0 Å². The van der Waals surface area contributed by atoms with Gasteiger partial charge in [-0.2, -0.15) is 4.31 Å². The molecule has 0 amide bonds. The van der Waals surface area contributed by atoms with E-state index in [1.807, 2.05) is 0 Å². The number of carbonyl (C=O) groups excluding carboxylic acids is 1. The molecule has 0 saturated carbocycles. The Morgan fingerprint density at radius 3 is 2.31 bits per heavy atom. The van der Waals surface area contributed by atoms with Crippen LogP contribution in [0.4, 0.5) is 0 Å². The Bertz CT molecular complexity index is 860. The van der Waals surface area contributed by atoms with Gasteiger partial charge in [-0.1, -0.05) is 32.4 Å². The van der Waals surface area contributed by atoms with Crippen molar-refractivity contribution in [1.82, 2.24) is 14.1 Å². The molecule has 32 heavy (non-hydrogen) atoms. The number of unbranched alkanes of at least 4 members (excludes halogenated alkanes) is 1. The monoisotopic (exact) mass is 465 g/mol. The minimum absolute atomic E-state index is 0.0729. The van der Waals surface area contributed by atoms with Gasteiger partial charge in [0.1, 0.15) is 5.72 Å². The van der Waals surface area contributed by atoms with E-state index >= 15 is 0 Å². The van der Waals surface area contributed by atoms with Crippen LogP contribution >= 0.6 is 0 Å². The van der Waals surface area contributed by atoms with Gasteiger partial charge in [0.2, 0.25) is 10.0 Å². The number of ketones is 1. The zero-order valence-corrected chi connectivity index (χ0v) is 20.9. The fourth-order valence-corrected chi connectivity index (χ4v) is 6.83. The van der Waals surface area contributed by atoms with E-state index in [4.69, 9.17) is 4.74 Å². The van der Waals surface area contributed by atoms with Gasteiger partial charge in [-0.05, 0) is 58.6 Å². The molecule has 0 bridgehead atoms. The second-order valence-corrected chi connectivity index (χ2v) is 10.9. The second kappa shape index (κ2) is 10.7. The normalized spacial score (nSPS) is 22.1. The number of Topliss-reactive ketones (excluding diaryl/α,β-unsaturated/α-hetero) is 1. The Morgan fingerprint density at radius 1 is 1.12 bits per heavy atom. The van der Waals surface area contributed by atoms with E-state index in [-0.39, 0.29) is 16.7 Å². The third-order valence-corrected chi connectivity index (χ3v) is 9.04. The first-order valence-corrected chi connectivity index (χ1v) is 13.4. The van der Waals surface area contributed by atoms with Crippen molar-refractivity contribution in [2.24, 2.45) is 0 Å². The summed E-state index contributed by atoms with van der Waals surface area (Å²) in [5.41, 5.74) is -0.253. The standard InChI is InChI=1S/C24H39N3O4S/c1-5-26(6-2)16-8-7-9-22-19-31-24(14-17-25(4)18-15-24)27(22)32(29,30)23-12-10-21(11-13-23)20(3)28/h10-13,22H,5-9,14-19H2,1-4H3. The number of nitrogens with zero attached hydrogens (tertiary/aromatic N) is 3. The average Bonchev–Trinajstić information content (AvgIpc) is 3.14. The van der Waals surface area contributed by atoms with Gasteiger partial charge in [0.05, 0.1) is 17.5 Å². The van der Waals surface area contributed by atoms with E-state index in [0.29, 0.717) is 25.0 Å². The first-order valence-electron chi connectivity index (χ1n) is 11.9. The molecule has 2 heterocycles. The highest BCUT2D eigenvalue weighted by Gasteiger charge is 2.54. The summed E-state index contributed by atoms with van der Waals surface area (Å²) in [4.78, 5) is 16.5. The van der Waals surface area contributed by atoms with Crippen molar-refractivity contribution < 1.29 is 17.9 Å².